The smallest absolute Gasteiger partial charge is 0.101 e. The first-order valence-corrected chi connectivity index (χ1v) is 5.89. The monoisotopic (exact) mass is 257 g/mol. The van der Waals surface area contributed by atoms with Crippen molar-refractivity contribution in [2.75, 3.05) is 11.9 Å². The van der Waals surface area contributed by atoms with E-state index in [0.29, 0.717) is 17.1 Å². The maximum Gasteiger partial charge on any atom is 0.101 e. The molecule has 2 rings (SSSR count). The number of aromatic nitrogens is 1. The summed E-state index contributed by atoms with van der Waals surface area (Å²) in [6, 6.07) is 13.2. The van der Waals surface area contributed by atoms with Crippen LogP contribution >= 0.6 is 11.6 Å². The Bertz CT molecular complexity index is 575. The molecule has 2 aromatic rings. The third-order valence-electron chi connectivity index (χ3n) is 2.62. The zero-order valence-corrected chi connectivity index (χ0v) is 10.7. The van der Waals surface area contributed by atoms with Crippen LogP contribution in [0.5, 0.6) is 0 Å². The molecule has 1 heterocycles. The lowest BCUT2D eigenvalue weighted by Gasteiger charge is -2.20. The molecule has 18 heavy (non-hydrogen) atoms. The number of pyridine rings is 1. The SMILES string of the molecule is CN(Cc1ccccn1)c1cc(Cl)ccc1C#N. The summed E-state index contributed by atoms with van der Waals surface area (Å²) in [6.07, 6.45) is 1.76. The summed E-state index contributed by atoms with van der Waals surface area (Å²) in [4.78, 5) is 6.23. The van der Waals surface area contributed by atoms with Gasteiger partial charge >= 0.3 is 0 Å². The lowest BCUT2D eigenvalue weighted by molar-refractivity contribution is 0.883. The fourth-order valence-corrected chi connectivity index (χ4v) is 1.90. The van der Waals surface area contributed by atoms with Gasteiger partial charge in [0, 0.05) is 18.3 Å². The fraction of sp³-hybridized carbons (Fsp3) is 0.143. The number of hydrogen-bond acceptors (Lipinski definition) is 3. The molecule has 0 bridgehead atoms. The first kappa shape index (κ1) is 12.4. The van der Waals surface area contributed by atoms with E-state index in [2.05, 4.69) is 11.1 Å². The molecule has 0 N–H and O–H groups in total. The van der Waals surface area contributed by atoms with Crippen molar-refractivity contribution < 1.29 is 0 Å². The number of rotatable bonds is 3. The third kappa shape index (κ3) is 2.79. The molecule has 0 fully saturated rings. The average Bonchev–Trinajstić information content (AvgIpc) is 2.40. The van der Waals surface area contributed by atoms with Gasteiger partial charge in [0.1, 0.15) is 6.07 Å². The van der Waals surface area contributed by atoms with Gasteiger partial charge < -0.3 is 4.90 Å². The molecule has 0 aliphatic carbocycles. The van der Waals surface area contributed by atoms with Crippen molar-refractivity contribution in [1.82, 2.24) is 4.98 Å². The number of halogens is 1. The van der Waals surface area contributed by atoms with Gasteiger partial charge in [0.2, 0.25) is 0 Å². The second-order valence-corrected chi connectivity index (χ2v) is 4.39. The van der Waals surface area contributed by atoms with Crippen molar-refractivity contribution in [2.45, 2.75) is 6.54 Å². The van der Waals surface area contributed by atoms with E-state index in [-0.39, 0.29) is 0 Å². The van der Waals surface area contributed by atoms with Crippen molar-refractivity contribution >= 4 is 17.3 Å². The minimum Gasteiger partial charge on any atom is -0.368 e. The lowest BCUT2D eigenvalue weighted by Crippen LogP contribution is -2.18. The van der Waals surface area contributed by atoms with Crippen LogP contribution in [0.15, 0.2) is 42.6 Å². The van der Waals surface area contributed by atoms with Gasteiger partial charge in [-0.05, 0) is 30.3 Å². The summed E-state index contributed by atoms with van der Waals surface area (Å²) in [5.74, 6) is 0. The second kappa shape index (κ2) is 5.52. The van der Waals surface area contributed by atoms with Crippen molar-refractivity contribution in [3.8, 4) is 6.07 Å². The minimum absolute atomic E-state index is 0.609. The largest absolute Gasteiger partial charge is 0.368 e. The van der Waals surface area contributed by atoms with Crippen LogP contribution in [-0.4, -0.2) is 12.0 Å². The van der Waals surface area contributed by atoms with E-state index in [1.165, 1.54) is 0 Å². The van der Waals surface area contributed by atoms with Crippen LogP contribution in [0.4, 0.5) is 5.69 Å². The summed E-state index contributed by atoms with van der Waals surface area (Å²) in [5, 5.41) is 9.71. The van der Waals surface area contributed by atoms with Crippen LogP contribution in [0.3, 0.4) is 0 Å². The maximum absolute atomic E-state index is 9.09. The van der Waals surface area contributed by atoms with Gasteiger partial charge in [0.05, 0.1) is 23.5 Å². The van der Waals surface area contributed by atoms with Crippen molar-refractivity contribution in [2.24, 2.45) is 0 Å². The summed E-state index contributed by atoms with van der Waals surface area (Å²) in [5.41, 5.74) is 2.37. The molecule has 0 aliphatic rings. The van der Waals surface area contributed by atoms with Gasteiger partial charge in [-0.25, -0.2) is 0 Å². The Kier molecular flexibility index (Phi) is 3.81. The number of hydrogen-bond donors (Lipinski definition) is 0. The Morgan fingerprint density at radius 2 is 2.17 bits per heavy atom. The number of nitriles is 1. The van der Waals surface area contributed by atoms with Crippen LogP contribution in [0.25, 0.3) is 0 Å². The van der Waals surface area contributed by atoms with Crippen molar-refractivity contribution in [3.05, 3.63) is 58.9 Å². The molecule has 1 aromatic carbocycles. The summed E-state index contributed by atoms with van der Waals surface area (Å²) < 4.78 is 0. The van der Waals surface area contributed by atoms with Gasteiger partial charge in [0.15, 0.2) is 0 Å². The molecule has 0 aliphatic heterocycles. The average molecular weight is 258 g/mol. The summed E-state index contributed by atoms with van der Waals surface area (Å²) >= 11 is 5.97. The quantitative estimate of drug-likeness (QED) is 0.847. The molecule has 4 heteroatoms. The zero-order chi connectivity index (χ0) is 13.0. The van der Waals surface area contributed by atoms with Gasteiger partial charge in [-0.2, -0.15) is 5.26 Å². The highest BCUT2D eigenvalue weighted by molar-refractivity contribution is 6.30. The highest BCUT2D eigenvalue weighted by Gasteiger charge is 2.09. The predicted octanol–water partition coefficient (Wildman–Crippen LogP) is 3.24. The Morgan fingerprint density at radius 1 is 1.33 bits per heavy atom. The van der Waals surface area contributed by atoms with Crippen LogP contribution in [0.1, 0.15) is 11.3 Å². The molecule has 0 saturated heterocycles. The normalized spacial score (nSPS) is 9.83. The molecule has 0 radical (unpaired) electrons. The van der Waals surface area contributed by atoms with Crippen LogP contribution in [-0.2, 0) is 6.54 Å². The van der Waals surface area contributed by atoms with E-state index >= 15 is 0 Å². The lowest BCUT2D eigenvalue weighted by atomic mass is 10.1. The Morgan fingerprint density at radius 3 is 2.83 bits per heavy atom. The van der Waals surface area contributed by atoms with E-state index < -0.39 is 0 Å². The van der Waals surface area contributed by atoms with Crippen molar-refractivity contribution in [3.63, 3.8) is 0 Å². The Labute approximate surface area is 111 Å². The summed E-state index contributed by atoms with van der Waals surface area (Å²) in [6.45, 7) is 0.635. The first-order chi connectivity index (χ1) is 8.70. The molecule has 0 unspecified atom stereocenters. The van der Waals surface area contributed by atoms with Gasteiger partial charge in [0.25, 0.3) is 0 Å². The van der Waals surface area contributed by atoms with Gasteiger partial charge in [-0.1, -0.05) is 17.7 Å². The molecule has 3 nitrogen and oxygen atoms in total. The molecular formula is C14H12ClN3. The number of benzene rings is 1. The van der Waals surface area contributed by atoms with Crippen LogP contribution in [0.2, 0.25) is 5.02 Å². The molecule has 0 spiro atoms. The first-order valence-electron chi connectivity index (χ1n) is 5.51. The van der Waals surface area contributed by atoms with Crippen LogP contribution in [0, 0.1) is 11.3 Å². The van der Waals surface area contributed by atoms with Gasteiger partial charge in [-0.3, -0.25) is 4.98 Å². The zero-order valence-electron chi connectivity index (χ0n) is 9.97. The Balaban J connectivity index is 2.26. The molecular weight excluding hydrogens is 246 g/mol. The second-order valence-electron chi connectivity index (χ2n) is 3.95. The van der Waals surface area contributed by atoms with E-state index in [1.54, 1.807) is 24.4 Å². The standard InChI is InChI=1S/C14H12ClN3/c1-18(10-13-4-2-3-7-17-13)14-8-12(15)6-5-11(14)9-16/h2-8H,10H2,1H3. The maximum atomic E-state index is 9.09. The van der Waals surface area contributed by atoms with E-state index in [9.17, 15) is 0 Å². The topological polar surface area (TPSA) is 39.9 Å². The molecule has 0 saturated carbocycles. The number of nitrogens with zero attached hydrogens (tertiary/aromatic N) is 3. The molecule has 1 aromatic heterocycles. The van der Waals surface area contributed by atoms with Crippen LogP contribution < -0.4 is 4.90 Å². The van der Waals surface area contributed by atoms with Gasteiger partial charge in [-0.15, -0.1) is 0 Å². The van der Waals surface area contributed by atoms with E-state index in [0.717, 1.165) is 11.4 Å². The fourth-order valence-electron chi connectivity index (χ4n) is 1.73. The molecule has 90 valence electrons. The third-order valence-corrected chi connectivity index (χ3v) is 2.85. The number of anilines is 1. The minimum atomic E-state index is 0.609. The Hall–Kier alpha value is -2.05. The van der Waals surface area contributed by atoms with Crippen molar-refractivity contribution in [1.29, 1.82) is 5.26 Å². The highest BCUT2D eigenvalue weighted by Crippen LogP contribution is 2.24. The predicted molar refractivity (Wildman–Crippen MR) is 72.5 cm³/mol. The highest BCUT2D eigenvalue weighted by atomic mass is 35.5. The molecule has 0 atom stereocenters. The van der Waals surface area contributed by atoms with E-state index in [1.807, 2.05) is 30.1 Å². The molecule has 0 amide bonds. The summed E-state index contributed by atoms with van der Waals surface area (Å²) in [7, 11) is 1.92. The van der Waals surface area contributed by atoms with E-state index in [4.69, 9.17) is 16.9 Å².